The van der Waals surface area contributed by atoms with E-state index in [9.17, 15) is 4.79 Å². The number of nitrogens with one attached hydrogen (secondary N) is 1. The van der Waals surface area contributed by atoms with Crippen molar-refractivity contribution in [3.63, 3.8) is 0 Å². The van der Waals surface area contributed by atoms with Gasteiger partial charge in [-0.1, -0.05) is 70.5 Å². The summed E-state index contributed by atoms with van der Waals surface area (Å²) in [5.74, 6) is 2.08. The van der Waals surface area contributed by atoms with Crippen LogP contribution in [-0.4, -0.2) is 58.0 Å². The minimum atomic E-state index is 0.128. The van der Waals surface area contributed by atoms with Gasteiger partial charge in [0.05, 0.1) is 11.0 Å². The molecule has 1 aliphatic rings. The molecule has 0 spiro atoms. The maximum Gasteiger partial charge on any atom is 0.253 e. The molecule has 224 valence electrons. The molecule has 6 nitrogen and oxygen atoms in total. The van der Waals surface area contributed by atoms with E-state index in [1.807, 2.05) is 12.1 Å². The summed E-state index contributed by atoms with van der Waals surface area (Å²) < 4.78 is 2.30. The molecule has 0 aliphatic carbocycles. The van der Waals surface area contributed by atoms with E-state index in [1.54, 1.807) is 0 Å². The fourth-order valence-corrected chi connectivity index (χ4v) is 5.99. The highest BCUT2D eigenvalue weighted by atomic mass is 16.2. The lowest BCUT2D eigenvalue weighted by atomic mass is 10.1. The Labute approximate surface area is 252 Å². The predicted molar refractivity (Wildman–Crippen MR) is 177 cm³/mol. The molecular weight excluding hydrogens is 518 g/mol. The summed E-state index contributed by atoms with van der Waals surface area (Å²) in [6, 6.07) is 20.9. The van der Waals surface area contributed by atoms with E-state index >= 15 is 0 Å². The van der Waals surface area contributed by atoms with Crippen molar-refractivity contribution in [2.45, 2.75) is 72.8 Å². The van der Waals surface area contributed by atoms with Gasteiger partial charge >= 0.3 is 0 Å². The molecule has 5 rings (SSSR count). The third-order valence-electron chi connectivity index (χ3n) is 8.58. The standard InChI is InChI=1S/C36H49N5O/c1-27(2)18-24-40(25-19-28(3)4)35(42)30-16-17-33-34(26-30)41(23-11-22-39-20-8-5-9-21-39)36(38-33)37-32-15-10-13-29-12-6-7-14-31(29)32/h6-7,10,12-17,26-28H,5,8-9,11,18-25H2,1-4H3,(H,37,38). The molecule has 1 fully saturated rings. The van der Waals surface area contributed by atoms with Crippen LogP contribution in [0.4, 0.5) is 11.6 Å². The predicted octanol–water partition coefficient (Wildman–Crippen LogP) is 8.34. The van der Waals surface area contributed by atoms with Gasteiger partial charge in [-0.15, -0.1) is 0 Å². The second-order valence-corrected chi connectivity index (χ2v) is 12.9. The number of imidazole rings is 1. The highest BCUT2D eigenvalue weighted by molar-refractivity contribution is 5.98. The zero-order valence-corrected chi connectivity index (χ0v) is 26.1. The minimum Gasteiger partial charge on any atom is -0.339 e. The molecule has 0 radical (unpaired) electrons. The van der Waals surface area contributed by atoms with Crippen molar-refractivity contribution in [3.05, 3.63) is 66.2 Å². The van der Waals surface area contributed by atoms with Crippen LogP contribution in [0.25, 0.3) is 21.8 Å². The maximum absolute atomic E-state index is 13.9. The van der Waals surface area contributed by atoms with Crippen LogP contribution in [0.1, 0.15) is 76.6 Å². The number of carbonyl (C=O) groups is 1. The molecule has 1 amide bonds. The Morgan fingerprint density at radius 3 is 2.33 bits per heavy atom. The summed E-state index contributed by atoms with van der Waals surface area (Å²) in [6.07, 6.45) is 7.03. The van der Waals surface area contributed by atoms with Gasteiger partial charge in [-0.3, -0.25) is 4.79 Å². The summed E-state index contributed by atoms with van der Waals surface area (Å²) in [6.45, 7) is 14.8. The van der Waals surface area contributed by atoms with Crippen LogP contribution in [0.5, 0.6) is 0 Å². The third-order valence-corrected chi connectivity index (χ3v) is 8.58. The number of benzene rings is 3. The summed E-state index contributed by atoms with van der Waals surface area (Å²) in [4.78, 5) is 23.6. The third kappa shape index (κ3) is 7.52. The van der Waals surface area contributed by atoms with Gasteiger partial charge < -0.3 is 19.7 Å². The molecular formula is C36H49N5O. The molecule has 0 bridgehead atoms. The van der Waals surface area contributed by atoms with E-state index in [0.717, 1.165) is 73.7 Å². The van der Waals surface area contributed by atoms with Crippen molar-refractivity contribution in [2.75, 3.05) is 38.0 Å². The van der Waals surface area contributed by atoms with Gasteiger partial charge in [-0.25, -0.2) is 4.98 Å². The normalized spacial score (nSPS) is 14.3. The molecule has 6 heteroatoms. The van der Waals surface area contributed by atoms with E-state index in [1.165, 1.54) is 43.1 Å². The average Bonchev–Trinajstić information content (AvgIpc) is 3.33. The molecule has 0 saturated carbocycles. The number of piperidine rings is 1. The quantitative estimate of drug-likeness (QED) is 0.176. The van der Waals surface area contributed by atoms with Crippen molar-refractivity contribution >= 4 is 39.3 Å². The molecule has 3 aromatic carbocycles. The second kappa shape index (κ2) is 14.2. The van der Waals surface area contributed by atoms with E-state index in [2.05, 4.69) is 95.9 Å². The molecule has 4 aromatic rings. The summed E-state index contributed by atoms with van der Waals surface area (Å²) in [7, 11) is 0. The van der Waals surface area contributed by atoms with Crippen LogP contribution < -0.4 is 5.32 Å². The molecule has 0 unspecified atom stereocenters. The maximum atomic E-state index is 13.9. The largest absolute Gasteiger partial charge is 0.339 e. The first-order valence-corrected chi connectivity index (χ1v) is 16.2. The smallest absolute Gasteiger partial charge is 0.253 e. The second-order valence-electron chi connectivity index (χ2n) is 12.9. The van der Waals surface area contributed by atoms with Crippen molar-refractivity contribution in [1.29, 1.82) is 0 Å². The Morgan fingerprint density at radius 2 is 1.60 bits per heavy atom. The lowest BCUT2D eigenvalue weighted by molar-refractivity contribution is 0.0741. The minimum absolute atomic E-state index is 0.128. The number of likely N-dealkylation sites (tertiary alicyclic amines) is 1. The zero-order valence-electron chi connectivity index (χ0n) is 26.1. The summed E-state index contributed by atoms with van der Waals surface area (Å²) in [5, 5.41) is 6.05. The molecule has 1 aromatic heterocycles. The number of rotatable bonds is 13. The van der Waals surface area contributed by atoms with Gasteiger partial charge in [0.1, 0.15) is 0 Å². The number of fused-ring (bicyclic) bond motifs is 2. The number of hydrogen-bond acceptors (Lipinski definition) is 4. The Morgan fingerprint density at radius 1 is 0.881 bits per heavy atom. The van der Waals surface area contributed by atoms with Gasteiger partial charge in [0.2, 0.25) is 5.95 Å². The first-order chi connectivity index (χ1) is 20.4. The van der Waals surface area contributed by atoms with Crippen LogP contribution in [-0.2, 0) is 6.54 Å². The number of nitrogens with zero attached hydrogens (tertiary/aromatic N) is 4. The van der Waals surface area contributed by atoms with Crippen molar-refractivity contribution in [1.82, 2.24) is 19.4 Å². The number of hydrogen-bond donors (Lipinski definition) is 1. The Kier molecular flexibility index (Phi) is 10.2. The molecule has 0 atom stereocenters. The van der Waals surface area contributed by atoms with Crippen molar-refractivity contribution in [3.8, 4) is 0 Å². The molecule has 1 N–H and O–H groups in total. The van der Waals surface area contributed by atoms with Crippen molar-refractivity contribution in [2.24, 2.45) is 11.8 Å². The Hall–Kier alpha value is -3.38. The fourth-order valence-electron chi connectivity index (χ4n) is 5.99. The Balaban J connectivity index is 1.46. The van der Waals surface area contributed by atoms with Gasteiger partial charge in [-0.2, -0.15) is 0 Å². The fraction of sp³-hybridized carbons (Fsp3) is 0.500. The summed E-state index contributed by atoms with van der Waals surface area (Å²) in [5.41, 5.74) is 3.74. The van der Waals surface area contributed by atoms with Gasteiger partial charge in [0.15, 0.2) is 0 Å². The molecule has 1 saturated heterocycles. The van der Waals surface area contributed by atoms with Crippen LogP contribution in [0.15, 0.2) is 60.7 Å². The van der Waals surface area contributed by atoms with E-state index in [0.29, 0.717) is 11.8 Å². The van der Waals surface area contributed by atoms with Gasteiger partial charge in [0, 0.05) is 36.3 Å². The topological polar surface area (TPSA) is 53.4 Å². The van der Waals surface area contributed by atoms with E-state index < -0.39 is 0 Å². The number of carbonyl (C=O) groups excluding carboxylic acids is 1. The van der Waals surface area contributed by atoms with E-state index in [4.69, 9.17) is 4.98 Å². The van der Waals surface area contributed by atoms with Crippen LogP contribution in [0, 0.1) is 11.8 Å². The van der Waals surface area contributed by atoms with Crippen LogP contribution in [0.2, 0.25) is 0 Å². The lowest BCUT2D eigenvalue weighted by Gasteiger charge is -2.26. The number of anilines is 2. The van der Waals surface area contributed by atoms with E-state index in [-0.39, 0.29) is 5.91 Å². The summed E-state index contributed by atoms with van der Waals surface area (Å²) >= 11 is 0. The van der Waals surface area contributed by atoms with Gasteiger partial charge in [0.25, 0.3) is 5.91 Å². The van der Waals surface area contributed by atoms with Gasteiger partial charge in [-0.05, 0) is 93.2 Å². The monoisotopic (exact) mass is 567 g/mol. The first kappa shape index (κ1) is 30.1. The number of aryl methyl sites for hydroxylation is 1. The lowest BCUT2D eigenvalue weighted by Crippen LogP contribution is -2.34. The van der Waals surface area contributed by atoms with Crippen LogP contribution >= 0.6 is 0 Å². The zero-order chi connectivity index (χ0) is 29.5. The highest BCUT2D eigenvalue weighted by Gasteiger charge is 2.20. The SMILES string of the molecule is CC(C)CCN(CCC(C)C)C(=O)c1ccc2nc(Nc3cccc4ccccc34)n(CCCN3CCCCC3)c2c1. The average molecular weight is 568 g/mol. The first-order valence-electron chi connectivity index (χ1n) is 16.2. The molecule has 42 heavy (non-hydrogen) atoms. The molecule has 2 heterocycles. The Bertz CT molecular complexity index is 1450. The van der Waals surface area contributed by atoms with Crippen LogP contribution in [0.3, 0.4) is 0 Å². The number of amides is 1. The van der Waals surface area contributed by atoms with Crippen molar-refractivity contribution < 1.29 is 4.79 Å². The highest BCUT2D eigenvalue weighted by Crippen LogP contribution is 2.29. The number of aromatic nitrogens is 2. The molecule has 1 aliphatic heterocycles.